The Morgan fingerprint density at radius 2 is 1.60 bits per heavy atom. The number of esters is 1. The van der Waals surface area contributed by atoms with Gasteiger partial charge in [-0.25, -0.2) is 9.59 Å². The molecule has 0 aliphatic carbocycles. The Labute approximate surface area is 120 Å². The van der Waals surface area contributed by atoms with E-state index in [1.54, 1.807) is 41.5 Å². The van der Waals surface area contributed by atoms with E-state index in [-0.39, 0.29) is 0 Å². The van der Waals surface area contributed by atoms with Gasteiger partial charge in [-0.2, -0.15) is 0 Å². The summed E-state index contributed by atoms with van der Waals surface area (Å²) in [5.74, 6) is -0.407. The highest BCUT2D eigenvalue weighted by Crippen LogP contribution is 2.16. The number of carbonyl (C=O) groups is 2. The SMILES string of the molecule is CC(C)(C)OC(=O)[C@H]1CNCCN1C(=O)OC(C)(C)C. The van der Waals surface area contributed by atoms with Gasteiger partial charge in [0.25, 0.3) is 0 Å². The predicted molar refractivity (Wildman–Crippen MR) is 75.4 cm³/mol. The molecule has 0 spiro atoms. The molecule has 1 saturated heterocycles. The van der Waals surface area contributed by atoms with Crippen molar-refractivity contribution in [3.05, 3.63) is 0 Å². The molecule has 116 valence electrons. The monoisotopic (exact) mass is 286 g/mol. The van der Waals surface area contributed by atoms with E-state index in [0.29, 0.717) is 19.6 Å². The summed E-state index contributed by atoms with van der Waals surface area (Å²) in [6.07, 6.45) is -0.477. The lowest BCUT2D eigenvalue weighted by Crippen LogP contribution is -2.58. The first-order valence-electron chi connectivity index (χ1n) is 6.93. The van der Waals surface area contributed by atoms with Crippen LogP contribution in [0.4, 0.5) is 4.79 Å². The molecule has 1 fully saturated rings. The van der Waals surface area contributed by atoms with Crippen LogP contribution in [0.5, 0.6) is 0 Å². The molecule has 0 bridgehead atoms. The Balaban J connectivity index is 2.76. The maximum Gasteiger partial charge on any atom is 0.411 e. The van der Waals surface area contributed by atoms with Gasteiger partial charge in [0, 0.05) is 19.6 Å². The predicted octanol–water partition coefficient (Wildman–Crippen LogP) is 1.54. The molecule has 0 saturated carbocycles. The zero-order valence-electron chi connectivity index (χ0n) is 13.3. The average molecular weight is 286 g/mol. The van der Waals surface area contributed by atoms with Crippen molar-refractivity contribution in [3.8, 4) is 0 Å². The molecular weight excluding hydrogens is 260 g/mol. The molecule has 6 heteroatoms. The number of rotatable bonds is 1. The molecule has 1 aliphatic heterocycles. The highest BCUT2D eigenvalue weighted by molar-refractivity contribution is 5.82. The summed E-state index contributed by atoms with van der Waals surface area (Å²) in [6.45, 7) is 12.3. The van der Waals surface area contributed by atoms with Gasteiger partial charge >= 0.3 is 12.1 Å². The lowest BCUT2D eigenvalue weighted by atomic mass is 10.1. The van der Waals surface area contributed by atoms with E-state index >= 15 is 0 Å². The second-order valence-electron chi connectivity index (χ2n) is 6.93. The molecule has 1 N–H and O–H groups in total. The molecule has 0 aromatic carbocycles. The van der Waals surface area contributed by atoms with Crippen LogP contribution in [0.25, 0.3) is 0 Å². The van der Waals surface area contributed by atoms with Gasteiger partial charge in [0.1, 0.15) is 17.2 Å². The standard InChI is InChI=1S/C14H26N2O4/c1-13(2,3)19-11(17)10-9-15-7-8-16(10)12(18)20-14(4,5)6/h10,15H,7-9H2,1-6H3/t10-/m1/s1. The number of hydrogen-bond donors (Lipinski definition) is 1. The third-order valence-electron chi connectivity index (χ3n) is 2.55. The summed E-state index contributed by atoms with van der Waals surface area (Å²) in [4.78, 5) is 25.8. The van der Waals surface area contributed by atoms with E-state index in [1.165, 1.54) is 4.90 Å². The fourth-order valence-electron chi connectivity index (χ4n) is 1.82. The number of nitrogens with one attached hydrogen (secondary N) is 1. The van der Waals surface area contributed by atoms with Gasteiger partial charge in [-0.1, -0.05) is 0 Å². The van der Waals surface area contributed by atoms with Crippen molar-refractivity contribution in [2.75, 3.05) is 19.6 Å². The van der Waals surface area contributed by atoms with Crippen molar-refractivity contribution in [2.24, 2.45) is 0 Å². The van der Waals surface area contributed by atoms with Crippen molar-refractivity contribution in [1.82, 2.24) is 10.2 Å². The molecule has 0 aromatic rings. The van der Waals surface area contributed by atoms with Crippen LogP contribution in [0.1, 0.15) is 41.5 Å². The molecular formula is C14H26N2O4. The molecule has 0 unspecified atom stereocenters. The first-order chi connectivity index (χ1) is 8.99. The van der Waals surface area contributed by atoms with Gasteiger partial charge in [0.15, 0.2) is 0 Å². The summed E-state index contributed by atoms with van der Waals surface area (Å²) in [5, 5.41) is 3.10. The van der Waals surface area contributed by atoms with Crippen LogP contribution < -0.4 is 5.32 Å². The van der Waals surface area contributed by atoms with Gasteiger partial charge in [0.05, 0.1) is 0 Å². The van der Waals surface area contributed by atoms with E-state index in [2.05, 4.69) is 5.32 Å². The summed E-state index contributed by atoms with van der Waals surface area (Å²) in [6, 6.07) is -0.641. The molecule has 20 heavy (non-hydrogen) atoms. The lowest BCUT2D eigenvalue weighted by Gasteiger charge is -2.36. The van der Waals surface area contributed by atoms with Gasteiger partial charge in [0.2, 0.25) is 0 Å². The van der Waals surface area contributed by atoms with Gasteiger partial charge in [-0.05, 0) is 41.5 Å². The normalized spacial score (nSPS) is 20.5. The Hall–Kier alpha value is -1.30. The molecule has 1 rings (SSSR count). The van der Waals surface area contributed by atoms with E-state index in [0.717, 1.165) is 0 Å². The van der Waals surface area contributed by atoms with Crippen LogP contribution in [0.3, 0.4) is 0 Å². The van der Waals surface area contributed by atoms with Gasteiger partial charge in [-0.3, -0.25) is 4.90 Å². The minimum atomic E-state index is -0.641. The van der Waals surface area contributed by atoms with Crippen LogP contribution in [-0.4, -0.2) is 53.8 Å². The Morgan fingerprint density at radius 3 is 2.10 bits per heavy atom. The zero-order chi connectivity index (χ0) is 15.6. The number of piperazine rings is 1. The van der Waals surface area contributed by atoms with Crippen LogP contribution in [0, 0.1) is 0 Å². The maximum absolute atomic E-state index is 12.2. The highest BCUT2D eigenvalue weighted by Gasteiger charge is 2.37. The second-order valence-corrected chi connectivity index (χ2v) is 6.93. The number of carbonyl (C=O) groups excluding carboxylic acids is 2. The largest absolute Gasteiger partial charge is 0.458 e. The maximum atomic E-state index is 12.2. The first kappa shape index (κ1) is 16.8. The molecule has 1 amide bonds. The first-order valence-corrected chi connectivity index (χ1v) is 6.93. The van der Waals surface area contributed by atoms with Gasteiger partial charge < -0.3 is 14.8 Å². The fraction of sp³-hybridized carbons (Fsp3) is 0.857. The molecule has 1 heterocycles. The van der Waals surface area contributed by atoms with Crippen molar-refractivity contribution >= 4 is 12.1 Å². The highest BCUT2D eigenvalue weighted by atomic mass is 16.6. The van der Waals surface area contributed by atoms with E-state index in [1.807, 2.05) is 0 Å². The molecule has 1 atom stereocenters. The van der Waals surface area contributed by atoms with Crippen LogP contribution in [-0.2, 0) is 14.3 Å². The van der Waals surface area contributed by atoms with Crippen molar-refractivity contribution in [1.29, 1.82) is 0 Å². The summed E-state index contributed by atoms with van der Waals surface area (Å²) < 4.78 is 10.7. The molecule has 0 aromatic heterocycles. The van der Waals surface area contributed by atoms with Crippen LogP contribution in [0.2, 0.25) is 0 Å². The summed E-state index contributed by atoms with van der Waals surface area (Å²) in [5.41, 5.74) is -1.16. The number of nitrogens with zero attached hydrogens (tertiary/aromatic N) is 1. The third kappa shape index (κ3) is 5.36. The smallest absolute Gasteiger partial charge is 0.411 e. The Kier molecular flexibility index (Phi) is 5.02. The van der Waals surface area contributed by atoms with Crippen molar-refractivity contribution in [3.63, 3.8) is 0 Å². The van der Waals surface area contributed by atoms with E-state index in [9.17, 15) is 9.59 Å². The molecule has 1 aliphatic rings. The van der Waals surface area contributed by atoms with E-state index < -0.39 is 29.3 Å². The van der Waals surface area contributed by atoms with E-state index in [4.69, 9.17) is 9.47 Å². The average Bonchev–Trinajstić information content (AvgIpc) is 2.24. The molecule has 6 nitrogen and oxygen atoms in total. The second kappa shape index (κ2) is 5.99. The fourth-order valence-corrected chi connectivity index (χ4v) is 1.82. The minimum absolute atomic E-state index is 0.383. The number of amides is 1. The topological polar surface area (TPSA) is 67.9 Å². The quantitative estimate of drug-likeness (QED) is 0.741. The Morgan fingerprint density at radius 1 is 1.05 bits per heavy atom. The van der Waals surface area contributed by atoms with Crippen LogP contribution >= 0.6 is 0 Å². The number of hydrogen-bond acceptors (Lipinski definition) is 5. The summed E-state index contributed by atoms with van der Waals surface area (Å²) >= 11 is 0. The third-order valence-corrected chi connectivity index (χ3v) is 2.55. The minimum Gasteiger partial charge on any atom is -0.458 e. The van der Waals surface area contributed by atoms with Crippen LogP contribution in [0.15, 0.2) is 0 Å². The lowest BCUT2D eigenvalue weighted by molar-refractivity contribution is -0.161. The number of ether oxygens (including phenoxy) is 2. The van der Waals surface area contributed by atoms with Gasteiger partial charge in [-0.15, -0.1) is 0 Å². The van der Waals surface area contributed by atoms with Crippen molar-refractivity contribution < 1.29 is 19.1 Å². The Bertz CT molecular complexity index is 332. The van der Waals surface area contributed by atoms with Crippen molar-refractivity contribution in [2.45, 2.75) is 58.8 Å². The summed E-state index contributed by atoms with van der Waals surface area (Å²) in [7, 11) is 0. The zero-order valence-corrected chi connectivity index (χ0v) is 13.3. The molecule has 0 radical (unpaired) electrons.